The molecule has 5 heteroatoms. The lowest BCUT2D eigenvalue weighted by molar-refractivity contribution is 0.376. The highest BCUT2D eigenvalue weighted by molar-refractivity contribution is 5.95. The molecule has 0 fully saturated rings. The van der Waals surface area contributed by atoms with Crippen molar-refractivity contribution in [2.75, 3.05) is 26.0 Å². The highest BCUT2D eigenvalue weighted by Gasteiger charge is 2.23. The zero-order valence-electron chi connectivity index (χ0n) is 14.7. The SMILES string of the molecule is Cc1cccc(NC2=NC(N)(CCCCN(C)C)C=CN2)c1C. The number of anilines is 1. The summed E-state index contributed by atoms with van der Waals surface area (Å²) in [6.07, 6.45) is 6.85. The largest absolute Gasteiger partial charge is 0.333 e. The lowest BCUT2D eigenvalue weighted by Crippen LogP contribution is -2.44. The van der Waals surface area contributed by atoms with Gasteiger partial charge in [-0.25, -0.2) is 4.99 Å². The third-order valence-electron chi connectivity index (χ3n) is 4.20. The van der Waals surface area contributed by atoms with Crippen molar-refractivity contribution in [3.63, 3.8) is 0 Å². The Hall–Kier alpha value is -1.85. The van der Waals surface area contributed by atoms with Crippen molar-refractivity contribution in [2.24, 2.45) is 10.7 Å². The first kappa shape index (κ1) is 17.5. The standard InChI is InChI=1S/C18H29N5/c1-14-8-7-9-16(15(14)2)21-17-20-12-11-18(19,22-17)10-5-6-13-23(3)4/h7-9,11-12H,5-6,10,13,19H2,1-4H3,(H2,20,21,22). The van der Waals surface area contributed by atoms with E-state index < -0.39 is 5.66 Å². The van der Waals surface area contributed by atoms with Gasteiger partial charge in [0.2, 0.25) is 5.96 Å². The minimum Gasteiger partial charge on any atom is -0.333 e. The Kier molecular flexibility index (Phi) is 5.80. The van der Waals surface area contributed by atoms with Crippen LogP contribution in [0.3, 0.4) is 0 Å². The second-order valence-electron chi connectivity index (χ2n) is 6.56. The average Bonchev–Trinajstić information content (AvgIpc) is 2.48. The first-order chi connectivity index (χ1) is 10.9. The Morgan fingerprint density at radius 3 is 2.78 bits per heavy atom. The van der Waals surface area contributed by atoms with Crippen molar-refractivity contribution >= 4 is 11.6 Å². The number of aryl methyl sites for hydroxylation is 1. The number of benzene rings is 1. The molecule has 0 saturated heterocycles. The molecule has 5 nitrogen and oxygen atoms in total. The molecule has 0 bridgehead atoms. The Morgan fingerprint density at radius 2 is 2.04 bits per heavy atom. The van der Waals surface area contributed by atoms with Gasteiger partial charge in [0, 0.05) is 11.9 Å². The lowest BCUT2D eigenvalue weighted by atomic mass is 10.0. The molecule has 0 saturated carbocycles. The number of guanidine groups is 1. The molecular formula is C18H29N5. The van der Waals surface area contributed by atoms with E-state index in [4.69, 9.17) is 5.73 Å². The molecule has 1 atom stereocenters. The van der Waals surface area contributed by atoms with Crippen LogP contribution in [0.4, 0.5) is 5.69 Å². The summed E-state index contributed by atoms with van der Waals surface area (Å²) in [7, 11) is 4.18. The van der Waals surface area contributed by atoms with Crippen molar-refractivity contribution in [2.45, 2.75) is 38.8 Å². The van der Waals surface area contributed by atoms with Crippen LogP contribution in [0.15, 0.2) is 35.5 Å². The molecular weight excluding hydrogens is 286 g/mol. The Morgan fingerprint density at radius 1 is 1.26 bits per heavy atom. The fraction of sp³-hybridized carbons (Fsp3) is 0.500. The molecule has 0 radical (unpaired) electrons. The molecule has 1 aliphatic heterocycles. The van der Waals surface area contributed by atoms with Gasteiger partial charge in [0.1, 0.15) is 5.66 Å². The topological polar surface area (TPSA) is 65.7 Å². The second-order valence-corrected chi connectivity index (χ2v) is 6.56. The number of nitrogens with two attached hydrogens (primary N) is 1. The summed E-state index contributed by atoms with van der Waals surface area (Å²) < 4.78 is 0. The van der Waals surface area contributed by atoms with Gasteiger partial charge in [-0.15, -0.1) is 0 Å². The summed E-state index contributed by atoms with van der Waals surface area (Å²) in [4.78, 5) is 6.86. The number of nitrogens with one attached hydrogen (secondary N) is 2. The van der Waals surface area contributed by atoms with Crippen LogP contribution < -0.4 is 16.4 Å². The molecule has 1 aliphatic rings. The van der Waals surface area contributed by atoms with Crippen molar-refractivity contribution in [1.29, 1.82) is 0 Å². The van der Waals surface area contributed by atoms with E-state index in [2.05, 4.69) is 60.6 Å². The van der Waals surface area contributed by atoms with E-state index in [1.165, 1.54) is 11.1 Å². The average molecular weight is 315 g/mol. The number of hydrogen-bond donors (Lipinski definition) is 3. The third-order valence-corrected chi connectivity index (χ3v) is 4.20. The smallest absolute Gasteiger partial charge is 0.202 e. The van der Waals surface area contributed by atoms with Crippen LogP contribution in [-0.2, 0) is 0 Å². The molecule has 126 valence electrons. The van der Waals surface area contributed by atoms with Crippen LogP contribution in [0.5, 0.6) is 0 Å². The van der Waals surface area contributed by atoms with E-state index in [0.717, 1.165) is 31.5 Å². The summed E-state index contributed by atoms with van der Waals surface area (Å²) in [6, 6.07) is 6.20. The number of hydrogen-bond acceptors (Lipinski definition) is 5. The zero-order valence-corrected chi connectivity index (χ0v) is 14.7. The van der Waals surface area contributed by atoms with Crippen molar-refractivity contribution in [3.8, 4) is 0 Å². The first-order valence-corrected chi connectivity index (χ1v) is 8.20. The number of nitrogens with zero attached hydrogens (tertiary/aromatic N) is 2. The predicted molar refractivity (Wildman–Crippen MR) is 98.6 cm³/mol. The van der Waals surface area contributed by atoms with Crippen molar-refractivity contribution in [1.82, 2.24) is 10.2 Å². The van der Waals surface area contributed by atoms with Gasteiger partial charge >= 0.3 is 0 Å². The van der Waals surface area contributed by atoms with E-state index in [1.807, 2.05) is 18.3 Å². The maximum atomic E-state index is 6.42. The van der Waals surface area contributed by atoms with E-state index in [9.17, 15) is 0 Å². The maximum Gasteiger partial charge on any atom is 0.202 e. The highest BCUT2D eigenvalue weighted by atomic mass is 15.2. The lowest BCUT2D eigenvalue weighted by Gasteiger charge is -2.27. The van der Waals surface area contributed by atoms with Crippen LogP contribution >= 0.6 is 0 Å². The van der Waals surface area contributed by atoms with E-state index in [0.29, 0.717) is 5.96 Å². The molecule has 1 unspecified atom stereocenters. The number of aliphatic imine (C=N–C) groups is 1. The van der Waals surface area contributed by atoms with Gasteiger partial charge in [-0.2, -0.15) is 0 Å². The molecule has 1 aromatic carbocycles. The minimum absolute atomic E-state index is 0.627. The molecule has 23 heavy (non-hydrogen) atoms. The summed E-state index contributed by atoms with van der Waals surface area (Å²) in [6.45, 7) is 5.29. The molecule has 0 amide bonds. The maximum absolute atomic E-state index is 6.42. The van der Waals surface area contributed by atoms with E-state index in [-0.39, 0.29) is 0 Å². The van der Waals surface area contributed by atoms with Gasteiger partial charge in [0.05, 0.1) is 0 Å². The van der Waals surface area contributed by atoms with E-state index >= 15 is 0 Å². The number of unbranched alkanes of at least 4 members (excludes halogenated alkanes) is 1. The second kappa shape index (κ2) is 7.62. The first-order valence-electron chi connectivity index (χ1n) is 8.20. The predicted octanol–water partition coefficient (Wildman–Crippen LogP) is 2.58. The summed E-state index contributed by atoms with van der Waals surface area (Å²) >= 11 is 0. The van der Waals surface area contributed by atoms with Crippen molar-refractivity contribution in [3.05, 3.63) is 41.6 Å². The van der Waals surface area contributed by atoms with Crippen LogP contribution in [-0.4, -0.2) is 37.2 Å². The molecule has 0 aromatic heterocycles. The van der Waals surface area contributed by atoms with Crippen LogP contribution in [0.1, 0.15) is 30.4 Å². The van der Waals surface area contributed by atoms with Gasteiger partial charge < -0.3 is 21.3 Å². The monoisotopic (exact) mass is 315 g/mol. The normalized spacial score (nSPS) is 20.3. The minimum atomic E-state index is -0.627. The summed E-state index contributed by atoms with van der Waals surface area (Å²) in [5.41, 5.74) is 9.33. The van der Waals surface area contributed by atoms with Crippen LogP contribution in [0.25, 0.3) is 0 Å². The molecule has 1 heterocycles. The summed E-state index contributed by atoms with van der Waals surface area (Å²) in [5.74, 6) is 0.705. The van der Waals surface area contributed by atoms with E-state index in [1.54, 1.807) is 0 Å². The summed E-state index contributed by atoms with van der Waals surface area (Å²) in [5, 5.41) is 6.50. The molecule has 2 rings (SSSR count). The molecule has 0 aliphatic carbocycles. The molecule has 4 N–H and O–H groups in total. The fourth-order valence-electron chi connectivity index (χ4n) is 2.60. The van der Waals surface area contributed by atoms with Gasteiger partial charge in [0.15, 0.2) is 0 Å². The van der Waals surface area contributed by atoms with Crippen molar-refractivity contribution < 1.29 is 0 Å². The number of rotatable bonds is 6. The quantitative estimate of drug-likeness (QED) is 0.706. The highest BCUT2D eigenvalue weighted by Crippen LogP contribution is 2.21. The Balaban J connectivity index is 2.00. The van der Waals surface area contributed by atoms with Gasteiger partial charge in [-0.05, 0) is 77.0 Å². The third kappa shape index (κ3) is 5.08. The van der Waals surface area contributed by atoms with Crippen LogP contribution in [0.2, 0.25) is 0 Å². The Bertz CT molecular complexity index is 591. The molecule has 1 aromatic rings. The zero-order chi connectivity index (χ0) is 16.9. The molecule has 0 spiro atoms. The van der Waals surface area contributed by atoms with Gasteiger partial charge in [-0.1, -0.05) is 12.1 Å². The van der Waals surface area contributed by atoms with Crippen LogP contribution in [0, 0.1) is 13.8 Å². The van der Waals surface area contributed by atoms with Gasteiger partial charge in [0.25, 0.3) is 0 Å². The fourth-order valence-corrected chi connectivity index (χ4v) is 2.60. The Labute approximate surface area is 139 Å². The van der Waals surface area contributed by atoms with Gasteiger partial charge in [-0.3, -0.25) is 0 Å².